The van der Waals surface area contributed by atoms with Crippen LogP contribution in [0.4, 0.5) is 17.1 Å². The molecule has 0 aliphatic carbocycles. The lowest BCUT2D eigenvalue weighted by Crippen LogP contribution is -2.15. The van der Waals surface area contributed by atoms with Gasteiger partial charge in [0.1, 0.15) is 0 Å². The summed E-state index contributed by atoms with van der Waals surface area (Å²) in [6.07, 6.45) is 0. The lowest BCUT2D eigenvalue weighted by Gasteiger charge is -2.16. The monoisotopic (exact) mass is 296 g/mol. The molecule has 2 rings (SSSR count). The van der Waals surface area contributed by atoms with Gasteiger partial charge in [-0.25, -0.2) is 0 Å². The molecule has 0 bridgehead atoms. The van der Waals surface area contributed by atoms with Crippen LogP contribution in [0.15, 0.2) is 58.8 Å². The average molecular weight is 296 g/mol. The van der Waals surface area contributed by atoms with Gasteiger partial charge in [0.25, 0.3) is 0 Å². The maximum atomic E-state index is 11.4. The Kier molecular flexibility index (Phi) is 5.38. The minimum absolute atomic E-state index is 0.0133. The lowest BCUT2D eigenvalue weighted by atomic mass is 10.1. The number of rotatable bonds is 6. The highest BCUT2D eigenvalue weighted by Gasteiger charge is 2.02. The van der Waals surface area contributed by atoms with Crippen LogP contribution in [0, 0.1) is 0 Å². The molecule has 0 amide bonds. The Morgan fingerprint density at radius 3 is 1.95 bits per heavy atom. The van der Waals surface area contributed by atoms with Crippen LogP contribution >= 0.6 is 0 Å². The molecule has 0 saturated carbocycles. The van der Waals surface area contributed by atoms with Crippen LogP contribution in [0.5, 0.6) is 0 Å². The van der Waals surface area contributed by atoms with E-state index in [4.69, 9.17) is 5.73 Å². The van der Waals surface area contributed by atoms with Crippen molar-refractivity contribution in [3.8, 4) is 0 Å². The van der Waals surface area contributed by atoms with Crippen molar-refractivity contribution in [1.82, 2.24) is 0 Å². The van der Waals surface area contributed by atoms with Gasteiger partial charge in [-0.15, -0.1) is 0 Å². The van der Waals surface area contributed by atoms with Crippen LogP contribution in [0.3, 0.4) is 0 Å². The first-order chi connectivity index (χ1) is 10.6. The van der Waals surface area contributed by atoms with Gasteiger partial charge in [-0.1, -0.05) is 0 Å². The first-order valence-corrected chi connectivity index (χ1v) is 7.20. The molecule has 0 heterocycles. The van der Waals surface area contributed by atoms with Gasteiger partial charge >= 0.3 is 0 Å². The Bertz CT molecular complexity index is 647. The van der Waals surface area contributed by atoms with Gasteiger partial charge in [0.2, 0.25) is 0 Å². The molecule has 114 valence electrons. The van der Waals surface area contributed by atoms with E-state index >= 15 is 0 Å². The molecule has 5 heteroatoms. The number of azo groups is 1. The third kappa shape index (κ3) is 3.99. The minimum atomic E-state index is -0.0841. The van der Waals surface area contributed by atoms with Gasteiger partial charge in [0, 0.05) is 24.8 Å². The zero-order valence-corrected chi connectivity index (χ0v) is 12.9. The summed E-state index contributed by atoms with van der Waals surface area (Å²) in [5.41, 5.74) is 8.55. The zero-order valence-electron chi connectivity index (χ0n) is 12.9. The third-order valence-electron chi connectivity index (χ3n) is 3.42. The van der Waals surface area contributed by atoms with Gasteiger partial charge in [0.05, 0.1) is 17.9 Å². The second-order valence-electron chi connectivity index (χ2n) is 4.90. The van der Waals surface area contributed by atoms with E-state index in [2.05, 4.69) is 22.1 Å². The van der Waals surface area contributed by atoms with Crippen molar-refractivity contribution in [2.45, 2.75) is 6.92 Å². The number of anilines is 1. The summed E-state index contributed by atoms with van der Waals surface area (Å²) in [5.74, 6) is -0.0841. The van der Waals surface area contributed by atoms with Gasteiger partial charge in [0.15, 0.2) is 5.78 Å². The molecule has 22 heavy (non-hydrogen) atoms. The Hall–Kier alpha value is -2.53. The van der Waals surface area contributed by atoms with Crippen LogP contribution in [0.1, 0.15) is 17.3 Å². The van der Waals surface area contributed by atoms with Crippen LogP contribution in [0.2, 0.25) is 0 Å². The molecule has 0 aliphatic heterocycles. The number of hydrogen-bond acceptors (Lipinski definition) is 5. The molecule has 2 aromatic carbocycles. The SMILES string of the molecule is CCN(C)c1ccc(N=Nc2ccc(C(=O)CN)cc2)cc1. The molecule has 0 atom stereocenters. The fourth-order valence-corrected chi connectivity index (χ4v) is 1.90. The largest absolute Gasteiger partial charge is 0.375 e. The summed E-state index contributed by atoms with van der Waals surface area (Å²) in [4.78, 5) is 13.6. The molecule has 0 radical (unpaired) electrons. The van der Waals surface area contributed by atoms with Crippen molar-refractivity contribution in [2.75, 3.05) is 25.0 Å². The summed E-state index contributed by atoms with van der Waals surface area (Å²) >= 11 is 0. The van der Waals surface area contributed by atoms with Gasteiger partial charge < -0.3 is 10.6 Å². The van der Waals surface area contributed by atoms with Crippen LogP contribution in [-0.2, 0) is 0 Å². The highest BCUT2D eigenvalue weighted by molar-refractivity contribution is 5.97. The Morgan fingerprint density at radius 1 is 1.00 bits per heavy atom. The van der Waals surface area contributed by atoms with Crippen molar-refractivity contribution in [3.05, 3.63) is 54.1 Å². The molecule has 0 aromatic heterocycles. The fourth-order valence-electron chi connectivity index (χ4n) is 1.90. The van der Waals surface area contributed by atoms with E-state index in [0.717, 1.165) is 17.9 Å². The van der Waals surface area contributed by atoms with E-state index in [1.165, 1.54) is 0 Å². The van der Waals surface area contributed by atoms with Crippen molar-refractivity contribution >= 4 is 22.8 Å². The van der Waals surface area contributed by atoms with E-state index in [-0.39, 0.29) is 12.3 Å². The van der Waals surface area contributed by atoms with Gasteiger partial charge in [-0.3, -0.25) is 4.79 Å². The molecule has 0 fully saturated rings. The summed E-state index contributed by atoms with van der Waals surface area (Å²) < 4.78 is 0. The van der Waals surface area contributed by atoms with Crippen molar-refractivity contribution < 1.29 is 4.79 Å². The number of nitrogens with two attached hydrogens (primary N) is 1. The Morgan fingerprint density at radius 2 is 1.50 bits per heavy atom. The maximum Gasteiger partial charge on any atom is 0.176 e. The average Bonchev–Trinajstić information content (AvgIpc) is 2.59. The second-order valence-corrected chi connectivity index (χ2v) is 4.90. The lowest BCUT2D eigenvalue weighted by molar-refractivity contribution is 0.100. The Labute approximate surface area is 130 Å². The maximum absolute atomic E-state index is 11.4. The third-order valence-corrected chi connectivity index (χ3v) is 3.42. The number of benzene rings is 2. The summed E-state index contributed by atoms with van der Waals surface area (Å²) in [6, 6.07) is 14.8. The number of ketones is 1. The van der Waals surface area contributed by atoms with Crippen molar-refractivity contribution in [2.24, 2.45) is 16.0 Å². The predicted octanol–water partition coefficient (Wildman–Crippen LogP) is 3.70. The molecular weight excluding hydrogens is 276 g/mol. The summed E-state index contributed by atoms with van der Waals surface area (Å²) in [7, 11) is 2.04. The number of hydrogen-bond donors (Lipinski definition) is 1. The number of nitrogens with zero attached hydrogens (tertiary/aromatic N) is 3. The van der Waals surface area contributed by atoms with Crippen molar-refractivity contribution in [1.29, 1.82) is 0 Å². The van der Waals surface area contributed by atoms with E-state index < -0.39 is 0 Å². The second kappa shape index (κ2) is 7.47. The van der Waals surface area contributed by atoms with Crippen LogP contribution in [-0.4, -0.2) is 25.9 Å². The number of carbonyl (C=O) groups excluding carboxylic acids is 1. The molecule has 0 unspecified atom stereocenters. The van der Waals surface area contributed by atoms with E-state index in [0.29, 0.717) is 11.3 Å². The predicted molar refractivity (Wildman–Crippen MR) is 89.4 cm³/mol. The van der Waals surface area contributed by atoms with Gasteiger partial charge in [-0.05, 0) is 55.5 Å². The standard InChI is InChI=1S/C17H20N4O/c1-3-21(2)16-10-8-15(9-11-16)20-19-14-6-4-13(5-7-14)17(22)12-18/h4-11H,3,12,18H2,1-2H3. The first-order valence-electron chi connectivity index (χ1n) is 7.20. The molecule has 2 aromatic rings. The molecule has 2 N–H and O–H groups in total. The van der Waals surface area contributed by atoms with E-state index in [1.807, 2.05) is 31.3 Å². The molecular formula is C17H20N4O. The normalized spacial score (nSPS) is 10.9. The van der Waals surface area contributed by atoms with E-state index in [9.17, 15) is 4.79 Å². The number of carbonyl (C=O) groups is 1. The van der Waals surface area contributed by atoms with Crippen LogP contribution in [0.25, 0.3) is 0 Å². The van der Waals surface area contributed by atoms with Crippen LogP contribution < -0.4 is 10.6 Å². The molecule has 0 saturated heterocycles. The summed E-state index contributed by atoms with van der Waals surface area (Å²) in [5, 5.41) is 8.36. The summed E-state index contributed by atoms with van der Waals surface area (Å²) in [6.45, 7) is 3.07. The first kappa shape index (κ1) is 15.9. The quantitative estimate of drug-likeness (QED) is 0.652. The molecule has 0 spiro atoms. The Balaban J connectivity index is 2.06. The fraction of sp³-hybridized carbons (Fsp3) is 0.235. The van der Waals surface area contributed by atoms with Gasteiger partial charge in [-0.2, -0.15) is 10.2 Å². The highest BCUT2D eigenvalue weighted by Crippen LogP contribution is 2.22. The highest BCUT2D eigenvalue weighted by atomic mass is 16.1. The molecule has 0 aliphatic rings. The van der Waals surface area contributed by atoms with E-state index in [1.54, 1.807) is 24.3 Å². The number of Topliss-reactive ketones (excluding diaryl/α,β-unsaturated/α-hetero) is 1. The van der Waals surface area contributed by atoms with Crippen molar-refractivity contribution in [3.63, 3.8) is 0 Å². The smallest absolute Gasteiger partial charge is 0.176 e. The zero-order chi connectivity index (χ0) is 15.9. The topological polar surface area (TPSA) is 71.0 Å². The molecule has 5 nitrogen and oxygen atoms in total. The minimum Gasteiger partial charge on any atom is -0.375 e.